The van der Waals surface area contributed by atoms with Gasteiger partial charge in [0.15, 0.2) is 0 Å². The molecule has 13 heavy (non-hydrogen) atoms. The van der Waals surface area contributed by atoms with E-state index in [0.717, 1.165) is 19.5 Å². The minimum Gasteiger partial charge on any atom is -0.469 e. The van der Waals surface area contributed by atoms with Crippen LogP contribution in [-0.2, 0) is 9.53 Å². The zero-order chi connectivity index (χ0) is 10.3. The molecule has 3 nitrogen and oxygen atoms in total. The molecule has 0 saturated carbocycles. The summed E-state index contributed by atoms with van der Waals surface area (Å²) >= 11 is 0. The fourth-order valence-corrected chi connectivity index (χ4v) is 1.31. The number of rotatable bonds is 6. The maximum absolute atomic E-state index is 10.8. The standard InChI is InChI=1S/C10H21NO2/c1-5-11(9(2)3)8-6-7-10(12)13-4/h9H,5-8H2,1-4H3. The molecule has 3 heteroatoms. The highest BCUT2D eigenvalue weighted by atomic mass is 16.5. The highest BCUT2D eigenvalue weighted by Crippen LogP contribution is 2.01. The van der Waals surface area contributed by atoms with E-state index < -0.39 is 0 Å². The lowest BCUT2D eigenvalue weighted by atomic mass is 10.2. The first-order chi connectivity index (χ1) is 6.11. The number of ether oxygens (including phenoxy) is 1. The summed E-state index contributed by atoms with van der Waals surface area (Å²) in [5.74, 6) is -0.111. The first kappa shape index (κ1) is 12.4. The molecular formula is C10H21NO2. The third-order valence-corrected chi connectivity index (χ3v) is 2.19. The summed E-state index contributed by atoms with van der Waals surface area (Å²) in [5.41, 5.74) is 0. The zero-order valence-electron chi connectivity index (χ0n) is 9.17. The third kappa shape index (κ3) is 5.64. The summed E-state index contributed by atoms with van der Waals surface area (Å²) < 4.78 is 4.57. The van der Waals surface area contributed by atoms with Crippen molar-refractivity contribution < 1.29 is 9.53 Å². The predicted molar refractivity (Wildman–Crippen MR) is 53.6 cm³/mol. The molecule has 0 amide bonds. The molecule has 0 radical (unpaired) electrons. The molecule has 0 N–H and O–H groups in total. The van der Waals surface area contributed by atoms with Gasteiger partial charge < -0.3 is 9.64 Å². The van der Waals surface area contributed by atoms with E-state index in [-0.39, 0.29) is 5.97 Å². The number of esters is 1. The number of hydrogen-bond donors (Lipinski definition) is 0. The number of methoxy groups -OCH3 is 1. The van der Waals surface area contributed by atoms with Crippen molar-refractivity contribution in [3.8, 4) is 0 Å². The summed E-state index contributed by atoms with van der Waals surface area (Å²) in [6.45, 7) is 8.49. The molecule has 0 aliphatic rings. The van der Waals surface area contributed by atoms with E-state index in [4.69, 9.17) is 0 Å². The molecule has 78 valence electrons. The van der Waals surface area contributed by atoms with E-state index in [2.05, 4.69) is 30.4 Å². The molecule has 0 aromatic carbocycles. The van der Waals surface area contributed by atoms with Crippen molar-refractivity contribution in [3.63, 3.8) is 0 Å². The van der Waals surface area contributed by atoms with Gasteiger partial charge in [-0.2, -0.15) is 0 Å². The Bertz CT molecular complexity index is 146. The smallest absolute Gasteiger partial charge is 0.305 e. The number of carbonyl (C=O) groups is 1. The van der Waals surface area contributed by atoms with Crippen LogP contribution in [0.15, 0.2) is 0 Å². The van der Waals surface area contributed by atoms with Gasteiger partial charge in [-0.1, -0.05) is 6.92 Å². The molecule has 0 spiro atoms. The average Bonchev–Trinajstić information content (AvgIpc) is 2.11. The maximum atomic E-state index is 10.8. The summed E-state index contributed by atoms with van der Waals surface area (Å²) in [6.07, 6.45) is 1.42. The largest absolute Gasteiger partial charge is 0.469 e. The van der Waals surface area contributed by atoms with Crippen LogP contribution >= 0.6 is 0 Å². The average molecular weight is 187 g/mol. The fraction of sp³-hybridized carbons (Fsp3) is 0.900. The van der Waals surface area contributed by atoms with Crippen molar-refractivity contribution in [3.05, 3.63) is 0 Å². The van der Waals surface area contributed by atoms with Gasteiger partial charge in [0.05, 0.1) is 7.11 Å². The lowest BCUT2D eigenvalue weighted by Crippen LogP contribution is -2.31. The van der Waals surface area contributed by atoms with E-state index in [0.29, 0.717) is 12.5 Å². The Balaban J connectivity index is 3.55. The molecule has 0 saturated heterocycles. The van der Waals surface area contributed by atoms with Crippen molar-refractivity contribution in [2.24, 2.45) is 0 Å². The van der Waals surface area contributed by atoms with E-state index >= 15 is 0 Å². The molecule has 0 unspecified atom stereocenters. The topological polar surface area (TPSA) is 29.5 Å². The summed E-state index contributed by atoms with van der Waals surface area (Å²) in [6, 6.07) is 0.558. The molecule has 0 rings (SSSR count). The third-order valence-electron chi connectivity index (χ3n) is 2.19. The van der Waals surface area contributed by atoms with Crippen LogP contribution in [-0.4, -0.2) is 37.1 Å². The van der Waals surface area contributed by atoms with Crippen LogP contribution in [0.5, 0.6) is 0 Å². The van der Waals surface area contributed by atoms with E-state index in [1.807, 2.05) is 0 Å². The van der Waals surface area contributed by atoms with Crippen molar-refractivity contribution in [2.45, 2.75) is 39.7 Å². The van der Waals surface area contributed by atoms with Gasteiger partial charge in [0.2, 0.25) is 0 Å². The summed E-state index contributed by atoms with van der Waals surface area (Å²) in [5, 5.41) is 0. The van der Waals surface area contributed by atoms with Gasteiger partial charge in [-0.3, -0.25) is 4.79 Å². The van der Waals surface area contributed by atoms with Crippen LogP contribution in [0.2, 0.25) is 0 Å². The highest BCUT2D eigenvalue weighted by molar-refractivity contribution is 5.69. The number of hydrogen-bond acceptors (Lipinski definition) is 3. The van der Waals surface area contributed by atoms with Crippen LogP contribution in [0.4, 0.5) is 0 Å². The minimum absolute atomic E-state index is 0.111. The van der Waals surface area contributed by atoms with Crippen LogP contribution in [0.1, 0.15) is 33.6 Å². The van der Waals surface area contributed by atoms with Gasteiger partial charge >= 0.3 is 5.97 Å². The lowest BCUT2D eigenvalue weighted by molar-refractivity contribution is -0.140. The Kier molecular flexibility index (Phi) is 6.59. The van der Waals surface area contributed by atoms with Gasteiger partial charge in [0, 0.05) is 12.5 Å². The molecular weight excluding hydrogens is 166 g/mol. The van der Waals surface area contributed by atoms with Gasteiger partial charge in [0.25, 0.3) is 0 Å². The Labute approximate surface area is 81.1 Å². The number of carbonyl (C=O) groups excluding carboxylic acids is 1. The molecule has 0 aliphatic heterocycles. The van der Waals surface area contributed by atoms with Crippen molar-refractivity contribution in [2.75, 3.05) is 20.2 Å². The predicted octanol–water partition coefficient (Wildman–Crippen LogP) is 1.67. The second kappa shape index (κ2) is 6.89. The zero-order valence-corrected chi connectivity index (χ0v) is 9.17. The van der Waals surface area contributed by atoms with Gasteiger partial charge in [-0.25, -0.2) is 0 Å². The maximum Gasteiger partial charge on any atom is 0.305 e. The van der Waals surface area contributed by atoms with Crippen molar-refractivity contribution >= 4 is 5.97 Å². The molecule has 0 aromatic heterocycles. The molecule has 0 aliphatic carbocycles. The Morgan fingerprint density at radius 2 is 2.08 bits per heavy atom. The molecule has 0 bridgehead atoms. The minimum atomic E-state index is -0.111. The molecule has 0 heterocycles. The Morgan fingerprint density at radius 3 is 2.46 bits per heavy atom. The molecule has 0 aromatic rings. The Hall–Kier alpha value is -0.570. The van der Waals surface area contributed by atoms with E-state index in [1.165, 1.54) is 7.11 Å². The first-order valence-electron chi connectivity index (χ1n) is 4.92. The molecule has 0 atom stereocenters. The van der Waals surface area contributed by atoms with Crippen LogP contribution in [0.3, 0.4) is 0 Å². The monoisotopic (exact) mass is 187 g/mol. The van der Waals surface area contributed by atoms with Crippen molar-refractivity contribution in [1.82, 2.24) is 4.90 Å². The van der Waals surface area contributed by atoms with Crippen molar-refractivity contribution in [1.29, 1.82) is 0 Å². The van der Waals surface area contributed by atoms with Gasteiger partial charge in [-0.05, 0) is 33.4 Å². The summed E-state index contributed by atoms with van der Waals surface area (Å²) in [7, 11) is 1.43. The fourth-order valence-electron chi connectivity index (χ4n) is 1.31. The summed E-state index contributed by atoms with van der Waals surface area (Å²) in [4.78, 5) is 13.1. The van der Waals surface area contributed by atoms with Gasteiger partial charge in [-0.15, -0.1) is 0 Å². The SMILES string of the molecule is CCN(CCCC(=O)OC)C(C)C. The number of nitrogens with zero attached hydrogens (tertiary/aromatic N) is 1. The van der Waals surface area contributed by atoms with Crippen LogP contribution in [0, 0.1) is 0 Å². The Morgan fingerprint density at radius 1 is 1.46 bits per heavy atom. The second-order valence-corrected chi connectivity index (χ2v) is 3.40. The second-order valence-electron chi connectivity index (χ2n) is 3.40. The van der Waals surface area contributed by atoms with Crippen LogP contribution < -0.4 is 0 Å². The quantitative estimate of drug-likeness (QED) is 0.592. The van der Waals surface area contributed by atoms with E-state index in [9.17, 15) is 4.79 Å². The van der Waals surface area contributed by atoms with Gasteiger partial charge in [0.1, 0.15) is 0 Å². The first-order valence-corrected chi connectivity index (χ1v) is 4.92. The molecule has 0 fully saturated rings. The highest BCUT2D eigenvalue weighted by Gasteiger charge is 2.07. The normalized spacial score (nSPS) is 10.9. The lowest BCUT2D eigenvalue weighted by Gasteiger charge is -2.24. The van der Waals surface area contributed by atoms with E-state index in [1.54, 1.807) is 0 Å². The van der Waals surface area contributed by atoms with Crippen LogP contribution in [0.25, 0.3) is 0 Å².